The van der Waals surface area contributed by atoms with E-state index in [0.717, 1.165) is 22.9 Å². The van der Waals surface area contributed by atoms with Crippen molar-refractivity contribution in [1.29, 1.82) is 0 Å². The van der Waals surface area contributed by atoms with E-state index < -0.39 is 46.1 Å². The maximum absolute atomic E-state index is 14.1. The van der Waals surface area contributed by atoms with Crippen molar-refractivity contribution in [3.05, 3.63) is 60.0 Å². The number of halogens is 1. The number of carbonyl (C=O) groups excluding carboxylic acids is 1. The van der Waals surface area contributed by atoms with Crippen molar-refractivity contribution in [1.82, 2.24) is 14.1 Å². The van der Waals surface area contributed by atoms with E-state index in [9.17, 15) is 17.6 Å². The highest BCUT2D eigenvalue weighted by Crippen LogP contribution is 2.36. The number of hydrogen-bond acceptors (Lipinski definition) is 6. The molecule has 9 nitrogen and oxygen atoms in total. The van der Waals surface area contributed by atoms with E-state index in [0.29, 0.717) is 11.3 Å². The van der Waals surface area contributed by atoms with Gasteiger partial charge in [0.05, 0.1) is 24.4 Å². The second-order valence-electron chi connectivity index (χ2n) is 10.9. The summed E-state index contributed by atoms with van der Waals surface area (Å²) in [6.45, 7) is 8.25. The fourth-order valence-corrected chi connectivity index (χ4v) is 4.71. The molecule has 11 heteroatoms. The van der Waals surface area contributed by atoms with E-state index in [2.05, 4.69) is 9.71 Å². The van der Waals surface area contributed by atoms with Gasteiger partial charge >= 0.3 is 6.09 Å². The topological polar surface area (TPSA) is 102 Å². The molecule has 1 aromatic carbocycles. The fraction of sp³-hybridized carbons (Fsp3) is 0.444. The van der Waals surface area contributed by atoms with Crippen LogP contribution in [-0.4, -0.2) is 58.9 Å². The quantitative estimate of drug-likeness (QED) is 0.459. The van der Waals surface area contributed by atoms with E-state index >= 15 is 0 Å². The van der Waals surface area contributed by atoms with Crippen molar-refractivity contribution in [2.75, 3.05) is 12.9 Å². The number of amides is 1. The van der Waals surface area contributed by atoms with E-state index in [1.807, 2.05) is 47.0 Å². The van der Waals surface area contributed by atoms with Gasteiger partial charge in [-0.3, -0.25) is 4.39 Å². The number of fused-ring (bicyclic) bond motifs is 1. The van der Waals surface area contributed by atoms with Gasteiger partial charge in [0.1, 0.15) is 24.0 Å². The Bertz CT molecular complexity index is 1470. The van der Waals surface area contributed by atoms with Gasteiger partial charge in [0.2, 0.25) is 10.0 Å². The second kappa shape index (κ2) is 10.2. The summed E-state index contributed by atoms with van der Waals surface area (Å²) in [5, 5.41) is 0. The highest BCUT2D eigenvalue weighted by Gasteiger charge is 2.49. The van der Waals surface area contributed by atoms with Crippen molar-refractivity contribution in [2.24, 2.45) is 5.92 Å². The highest BCUT2D eigenvalue weighted by molar-refractivity contribution is 7.88. The lowest BCUT2D eigenvalue weighted by atomic mass is 9.93. The predicted molar refractivity (Wildman–Crippen MR) is 142 cm³/mol. The zero-order chi connectivity index (χ0) is 27.9. The number of sulfonamides is 1. The van der Waals surface area contributed by atoms with Crippen molar-refractivity contribution < 1.29 is 31.7 Å². The molecule has 3 aromatic rings. The smallest absolute Gasteiger partial charge is 0.406 e. The first-order valence-electron chi connectivity index (χ1n) is 12.3. The Hall–Kier alpha value is -3.15. The molecular weight excluding hydrogens is 511 g/mol. The van der Waals surface area contributed by atoms with Crippen molar-refractivity contribution in [3.63, 3.8) is 0 Å². The molecular formula is C27H34FN4O5S+. The van der Waals surface area contributed by atoms with E-state index in [4.69, 9.17) is 9.47 Å². The molecule has 0 spiro atoms. The third-order valence-corrected chi connectivity index (χ3v) is 6.76. The first kappa shape index (κ1) is 27.9. The number of pyridine rings is 1. The van der Waals surface area contributed by atoms with Crippen LogP contribution in [0.1, 0.15) is 52.0 Å². The molecule has 3 heterocycles. The molecule has 4 rings (SSSR count). The summed E-state index contributed by atoms with van der Waals surface area (Å²) in [5.41, 5.74) is 2.21. The van der Waals surface area contributed by atoms with Crippen LogP contribution in [0.15, 0.2) is 48.8 Å². The Morgan fingerprint density at radius 3 is 2.50 bits per heavy atom. The minimum absolute atomic E-state index is 0.112. The summed E-state index contributed by atoms with van der Waals surface area (Å²) < 4.78 is 54.2. The minimum atomic E-state index is -3.31. The number of carbonyl (C=O) groups is 1. The number of nitrogens with zero attached hydrogens (tertiary/aromatic N) is 3. The monoisotopic (exact) mass is 545 g/mol. The minimum Gasteiger partial charge on any atom is -0.406 e. The van der Waals surface area contributed by atoms with Crippen LogP contribution < -0.4 is 4.72 Å². The van der Waals surface area contributed by atoms with E-state index in [1.54, 1.807) is 47.0 Å². The molecule has 204 valence electrons. The first-order valence-corrected chi connectivity index (χ1v) is 14.2. The Kier molecular flexibility index (Phi) is 7.48. The number of hydrogen-bond donors (Lipinski definition) is 1. The number of benzene rings is 1. The molecule has 1 N–H and O–H groups in total. The van der Waals surface area contributed by atoms with E-state index in [1.165, 1.54) is 4.58 Å². The Morgan fingerprint density at radius 2 is 1.89 bits per heavy atom. The second-order valence-corrected chi connectivity index (χ2v) is 12.8. The van der Waals surface area contributed by atoms with Gasteiger partial charge in [-0.1, -0.05) is 24.3 Å². The normalized spacial score (nSPS) is 19.8. The third-order valence-electron chi connectivity index (χ3n) is 6.09. The lowest BCUT2D eigenvalue weighted by Gasteiger charge is -2.34. The SMILES string of the molecule is CC(C)(C)OC(=O)[N+]1=CC(CF)C(c2ccc(-c3ccn4cc(CNS(C)(=O)=O)nc4c3)cc2)OC1(C)C. The molecule has 0 saturated carbocycles. The lowest BCUT2D eigenvalue weighted by Crippen LogP contribution is -2.51. The van der Waals surface area contributed by atoms with Gasteiger partial charge in [0.15, 0.2) is 6.21 Å². The highest BCUT2D eigenvalue weighted by atomic mass is 32.2. The van der Waals surface area contributed by atoms with Gasteiger partial charge in [-0.2, -0.15) is 4.79 Å². The summed E-state index contributed by atoms with van der Waals surface area (Å²) in [6, 6.07) is 11.5. The van der Waals surface area contributed by atoms with Gasteiger partial charge in [0, 0.05) is 26.2 Å². The number of aromatic nitrogens is 2. The van der Waals surface area contributed by atoms with E-state index in [-0.39, 0.29) is 6.54 Å². The average Bonchev–Trinajstić information content (AvgIpc) is 3.23. The Morgan fingerprint density at radius 1 is 1.21 bits per heavy atom. The molecule has 0 bridgehead atoms. The van der Waals surface area contributed by atoms with Gasteiger partial charge in [0.25, 0.3) is 5.72 Å². The van der Waals surface area contributed by atoms with Crippen LogP contribution in [0.25, 0.3) is 16.8 Å². The van der Waals surface area contributed by atoms with Crippen LogP contribution >= 0.6 is 0 Å². The first-order chi connectivity index (χ1) is 17.6. The third kappa shape index (κ3) is 6.46. The summed E-state index contributed by atoms with van der Waals surface area (Å²) in [6.07, 6.45) is 5.15. The molecule has 0 radical (unpaired) electrons. The van der Waals surface area contributed by atoms with Crippen molar-refractivity contribution >= 4 is 28.0 Å². The zero-order valence-corrected chi connectivity index (χ0v) is 23.3. The summed E-state index contributed by atoms with van der Waals surface area (Å²) in [5.74, 6) is -0.665. The van der Waals surface area contributed by atoms with Crippen LogP contribution in [0.4, 0.5) is 9.18 Å². The van der Waals surface area contributed by atoms with Crippen molar-refractivity contribution in [2.45, 2.75) is 58.6 Å². The predicted octanol–water partition coefficient (Wildman–Crippen LogP) is 4.46. The molecule has 38 heavy (non-hydrogen) atoms. The average molecular weight is 546 g/mol. The lowest BCUT2D eigenvalue weighted by molar-refractivity contribution is -0.603. The Balaban J connectivity index is 1.56. The van der Waals surface area contributed by atoms with Crippen LogP contribution in [-0.2, 0) is 26.0 Å². The van der Waals surface area contributed by atoms with Crippen LogP contribution in [0.2, 0.25) is 0 Å². The van der Waals surface area contributed by atoms with Crippen LogP contribution in [0.5, 0.6) is 0 Å². The number of imidazole rings is 1. The van der Waals surface area contributed by atoms with Gasteiger partial charge in [-0.05, 0) is 49.6 Å². The molecule has 1 aliphatic rings. The molecule has 1 amide bonds. The fourth-order valence-electron chi connectivity index (χ4n) is 4.30. The molecule has 2 unspecified atom stereocenters. The van der Waals surface area contributed by atoms with Crippen LogP contribution in [0, 0.1) is 5.92 Å². The maximum atomic E-state index is 14.1. The largest absolute Gasteiger partial charge is 0.599 e. The molecule has 1 aliphatic heterocycles. The number of rotatable bonds is 6. The molecule has 2 atom stereocenters. The standard InChI is InChI=1S/C27H34FN4O5S/c1-26(2,3)37-25(33)32-16-21(14-28)24(36-27(32,4)5)19-9-7-18(8-10-19)20-11-12-31-17-22(30-23(31)13-20)15-29-38(6,34)35/h7-13,16-17,21,24,29H,14-15H2,1-6H3/q+1. The zero-order valence-electron chi connectivity index (χ0n) is 22.4. The molecule has 2 aromatic heterocycles. The number of alkyl halides is 1. The van der Waals surface area contributed by atoms with Gasteiger partial charge < -0.3 is 13.9 Å². The number of nitrogens with one attached hydrogen (secondary N) is 1. The summed E-state index contributed by atoms with van der Waals surface area (Å²) in [4.78, 5) is 17.2. The van der Waals surface area contributed by atoms with Gasteiger partial charge in [-0.25, -0.2) is 18.1 Å². The molecule has 0 fully saturated rings. The molecule has 0 saturated heterocycles. The van der Waals surface area contributed by atoms with Crippen molar-refractivity contribution in [3.8, 4) is 11.1 Å². The molecule has 0 aliphatic carbocycles. The number of ether oxygens (including phenoxy) is 2. The van der Waals surface area contributed by atoms with Crippen LogP contribution in [0.3, 0.4) is 0 Å². The summed E-state index contributed by atoms with van der Waals surface area (Å²) in [7, 11) is -3.31. The Labute approximate surface area is 222 Å². The van der Waals surface area contributed by atoms with Gasteiger partial charge in [-0.15, -0.1) is 4.58 Å². The summed E-state index contributed by atoms with van der Waals surface area (Å²) >= 11 is 0. The maximum Gasteiger partial charge on any atom is 0.599 e.